The van der Waals surface area contributed by atoms with E-state index in [1.165, 1.54) is 0 Å². The van der Waals surface area contributed by atoms with Gasteiger partial charge in [0.1, 0.15) is 12.4 Å². The van der Waals surface area contributed by atoms with Crippen LogP contribution in [0, 0.1) is 0 Å². The number of hydrogen-bond acceptors (Lipinski definition) is 5. The van der Waals surface area contributed by atoms with Gasteiger partial charge in [-0.25, -0.2) is 4.98 Å². The fourth-order valence-corrected chi connectivity index (χ4v) is 2.07. The van der Waals surface area contributed by atoms with Crippen molar-refractivity contribution < 1.29 is 14.3 Å². The number of nitrogens with zero attached hydrogens (tertiary/aromatic N) is 1. The van der Waals surface area contributed by atoms with Gasteiger partial charge in [-0.3, -0.25) is 9.59 Å². The first-order chi connectivity index (χ1) is 11.1. The molecule has 0 unspecified atom stereocenters. The monoisotopic (exact) mass is 333 g/mol. The summed E-state index contributed by atoms with van der Waals surface area (Å²) >= 11 is 6.01. The minimum atomic E-state index is -0.401. The van der Waals surface area contributed by atoms with Crippen LogP contribution < -0.4 is 10.6 Å². The van der Waals surface area contributed by atoms with Gasteiger partial charge in [0.2, 0.25) is 0 Å². The van der Waals surface area contributed by atoms with E-state index < -0.39 is 5.97 Å². The van der Waals surface area contributed by atoms with E-state index in [9.17, 15) is 9.59 Å². The number of nitrogens with one attached hydrogen (secondary N) is 2. The van der Waals surface area contributed by atoms with Crippen LogP contribution >= 0.6 is 11.6 Å². The lowest BCUT2D eigenvalue weighted by Crippen LogP contribution is -2.19. The van der Waals surface area contributed by atoms with Crippen LogP contribution in [0.2, 0.25) is 5.02 Å². The molecule has 0 aliphatic heterocycles. The first kappa shape index (κ1) is 16.8. The molecule has 23 heavy (non-hydrogen) atoms. The first-order valence-electron chi connectivity index (χ1n) is 7.02. The van der Waals surface area contributed by atoms with Crippen molar-refractivity contribution in [3.05, 3.63) is 53.2 Å². The number of pyridine rings is 1. The van der Waals surface area contributed by atoms with Crippen LogP contribution in [0.5, 0.6) is 0 Å². The number of rotatable bonds is 6. The third-order valence-corrected chi connectivity index (χ3v) is 3.21. The largest absolute Gasteiger partial charge is 0.465 e. The minimum absolute atomic E-state index is 0.0418. The second-order valence-electron chi connectivity index (χ2n) is 4.49. The molecule has 0 radical (unpaired) electrons. The number of benzene rings is 1. The number of aromatic nitrogens is 1. The van der Waals surface area contributed by atoms with Gasteiger partial charge in [-0.15, -0.1) is 0 Å². The van der Waals surface area contributed by atoms with Crippen LogP contribution in [0.4, 0.5) is 11.5 Å². The highest BCUT2D eigenvalue weighted by Crippen LogP contribution is 2.21. The van der Waals surface area contributed by atoms with Gasteiger partial charge in [-0.1, -0.05) is 23.7 Å². The molecule has 1 aromatic heterocycles. The maximum Gasteiger partial charge on any atom is 0.325 e. The molecule has 0 aliphatic rings. The Hall–Kier alpha value is -2.60. The maximum absolute atomic E-state index is 12.3. The summed E-state index contributed by atoms with van der Waals surface area (Å²) in [5.74, 6) is -0.384. The molecule has 1 aromatic carbocycles. The van der Waals surface area contributed by atoms with Crippen molar-refractivity contribution >= 4 is 35.0 Å². The van der Waals surface area contributed by atoms with Gasteiger partial charge in [0, 0.05) is 6.20 Å². The molecule has 0 atom stereocenters. The highest BCUT2D eigenvalue weighted by atomic mass is 35.5. The molecule has 2 N–H and O–H groups in total. The number of halogens is 1. The number of amides is 1. The molecule has 0 saturated carbocycles. The van der Waals surface area contributed by atoms with Gasteiger partial charge in [0.25, 0.3) is 5.91 Å². The number of ether oxygens (including phenoxy) is 1. The summed E-state index contributed by atoms with van der Waals surface area (Å²) in [7, 11) is 0. The molecule has 1 heterocycles. The normalized spacial score (nSPS) is 10.0. The van der Waals surface area contributed by atoms with E-state index in [-0.39, 0.29) is 12.5 Å². The molecule has 0 saturated heterocycles. The van der Waals surface area contributed by atoms with Crippen molar-refractivity contribution in [2.45, 2.75) is 6.92 Å². The summed E-state index contributed by atoms with van der Waals surface area (Å²) in [6.45, 7) is 1.99. The van der Waals surface area contributed by atoms with Crippen LogP contribution in [0.15, 0.2) is 42.6 Å². The number of esters is 1. The lowest BCUT2D eigenvalue weighted by Gasteiger charge is -2.12. The van der Waals surface area contributed by atoms with Crippen LogP contribution in [-0.4, -0.2) is 30.0 Å². The number of hydrogen-bond donors (Lipinski definition) is 2. The Bertz CT molecular complexity index is 706. The van der Waals surface area contributed by atoms with Crippen LogP contribution in [0.25, 0.3) is 0 Å². The Balaban J connectivity index is 2.10. The molecule has 0 fully saturated rings. The Morgan fingerprint density at radius 1 is 1.22 bits per heavy atom. The summed E-state index contributed by atoms with van der Waals surface area (Å²) in [6, 6.07) is 10.1. The Morgan fingerprint density at radius 2 is 2.00 bits per heavy atom. The van der Waals surface area contributed by atoms with Crippen molar-refractivity contribution in [1.82, 2.24) is 4.98 Å². The molecule has 2 rings (SSSR count). The second-order valence-corrected chi connectivity index (χ2v) is 4.90. The van der Waals surface area contributed by atoms with Crippen molar-refractivity contribution in [1.29, 1.82) is 0 Å². The van der Waals surface area contributed by atoms with Crippen molar-refractivity contribution in [2.75, 3.05) is 23.8 Å². The highest BCUT2D eigenvalue weighted by molar-refractivity contribution is 6.34. The third kappa shape index (κ3) is 4.69. The van der Waals surface area contributed by atoms with Gasteiger partial charge in [0.15, 0.2) is 0 Å². The van der Waals surface area contributed by atoms with Gasteiger partial charge in [-0.05, 0) is 31.2 Å². The maximum atomic E-state index is 12.3. The van der Waals surface area contributed by atoms with E-state index in [1.54, 1.807) is 49.5 Å². The smallest absolute Gasteiger partial charge is 0.325 e. The van der Waals surface area contributed by atoms with E-state index >= 15 is 0 Å². The summed E-state index contributed by atoms with van der Waals surface area (Å²) in [4.78, 5) is 27.8. The Labute approximate surface area is 138 Å². The zero-order chi connectivity index (χ0) is 16.7. The van der Waals surface area contributed by atoms with E-state index in [0.29, 0.717) is 28.7 Å². The lowest BCUT2D eigenvalue weighted by molar-refractivity contribution is -0.140. The standard InChI is InChI=1S/C16H16ClN3O3/c1-2-23-14(21)10-19-15-13(8-5-9-18-15)20-16(22)11-6-3-4-7-12(11)17/h3-9H,2,10H2,1H3,(H,18,19)(H,20,22). The molecular formula is C16H16ClN3O3. The molecule has 6 nitrogen and oxygen atoms in total. The Kier molecular flexibility index (Phi) is 5.94. The van der Waals surface area contributed by atoms with E-state index in [1.807, 2.05) is 0 Å². The molecule has 120 valence electrons. The predicted molar refractivity (Wildman–Crippen MR) is 88.8 cm³/mol. The van der Waals surface area contributed by atoms with Gasteiger partial charge >= 0.3 is 5.97 Å². The van der Waals surface area contributed by atoms with E-state index in [2.05, 4.69) is 15.6 Å². The number of carbonyl (C=O) groups is 2. The first-order valence-corrected chi connectivity index (χ1v) is 7.40. The third-order valence-electron chi connectivity index (χ3n) is 2.88. The molecular weight excluding hydrogens is 318 g/mol. The zero-order valence-corrected chi connectivity index (χ0v) is 13.3. The summed E-state index contributed by atoms with van der Waals surface area (Å²) in [5.41, 5.74) is 0.802. The molecule has 0 bridgehead atoms. The van der Waals surface area contributed by atoms with Crippen LogP contribution in [0.1, 0.15) is 17.3 Å². The van der Waals surface area contributed by atoms with E-state index in [4.69, 9.17) is 16.3 Å². The molecule has 0 spiro atoms. The predicted octanol–water partition coefficient (Wildman–Crippen LogP) is 2.96. The lowest BCUT2D eigenvalue weighted by atomic mass is 10.2. The van der Waals surface area contributed by atoms with Crippen LogP contribution in [-0.2, 0) is 9.53 Å². The van der Waals surface area contributed by atoms with Crippen molar-refractivity contribution in [3.8, 4) is 0 Å². The topological polar surface area (TPSA) is 80.3 Å². The zero-order valence-electron chi connectivity index (χ0n) is 12.5. The number of anilines is 2. The van der Waals surface area contributed by atoms with Crippen molar-refractivity contribution in [2.24, 2.45) is 0 Å². The fourth-order valence-electron chi connectivity index (χ4n) is 1.85. The van der Waals surface area contributed by atoms with Gasteiger partial charge in [-0.2, -0.15) is 0 Å². The van der Waals surface area contributed by atoms with Crippen molar-refractivity contribution in [3.63, 3.8) is 0 Å². The number of carbonyl (C=O) groups excluding carboxylic acids is 2. The fraction of sp³-hybridized carbons (Fsp3) is 0.188. The molecule has 7 heteroatoms. The average molecular weight is 334 g/mol. The van der Waals surface area contributed by atoms with Crippen LogP contribution in [0.3, 0.4) is 0 Å². The summed E-state index contributed by atoms with van der Waals surface area (Å²) in [6.07, 6.45) is 1.55. The SMILES string of the molecule is CCOC(=O)CNc1ncccc1NC(=O)c1ccccc1Cl. The summed E-state index contributed by atoms with van der Waals surface area (Å²) < 4.78 is 4.84. The van der Waals surface area contributed by atoms with E-state index in [0.717, 1.165) is 0 Å². The minimum Gasteiger partial charge on any atom is -0.465 e. The second kappa shape index (κ2) is 8.14. The molecule has 0 aliphatic carbocycles. The molecule has 1 amide bonds. The molecule has 2 aromatic rings. The highest BCUT2D eigenvalue weighted by Gasteiger charge is 2.13. The summed E-state index contributed by atoms with van der Waals surface area (Å²) in [5, 5.41) is 5.92. The quantitative estimate of drug-likeness (QED) is 0.794. The van der Waals surface area contributed by atoms with Gasteiger partial charge in [0.05, 0.1) is 22.9 Å². The Morgan fingerprint density at radius 3 is 2.74 bits per heavy atom. The van der Waals surface area contributed by atoms with Gasteiger partial charge < -0.3 is 15.4 Å². The average Bonchev–Trinajstić information content (AvgIpc) is 2.54.